The van der Waals surface area contributed by atoms with Crippen LogP contribution in [-0.2, 0) is 4.74 Å². The average Bonchev–Trinajstić information content (AvgIpc) is 2.29. The maximum atomic E-state index is 5.81. The number of rotatable bonds is 2. The van der Waals surface area contributed by atoms with Gasteiger partial charge in [-0.2, -0.15) is 0 Å². The third-order valence-electron chi connectivity index (χ3n) is 2.57. The summed E-state index contributed by atoms with van der Waals surface area (Å²) in [5.41, 5.74) is 1.15. The van der Waals surface area contributed by atoms with Gasteiger partial charge in [-0.05, 0) is 34.5 Å². The second-order valence-electron chi connectivity index (χ2n) is 3.91. The Morgan fingerprint density at radius 3 is 3.19 bits per heavy atom. The number of hydrogen-bond donors (Lipinski definition) is 0. The summed E-state index contributed by atoms with van der Waals surface area (Å²) in [7, 11) is 0. The van der Waals surface area contributed by atoms with Crippen LogP contribution in [0.25, 0.3) is 0 Å². The number of morpholine rings is 1. The van der Waals surface area contributed by atoms with Crippen molar-refractivity contribution < 1.29 is 4.74 Å². The number of alkyl halides is 1. The molecule has 1 saturated heterocycles. The highest BCUT2D eigenvalue weighted by Crippen LogP contribution is 2.26. The van der Waals surface area contributed by atoms with Gasteiger partial charge in [-0.3, -0.25) is 0 Å². The van der Waals surface area contributed by atoms with E-state index in [1.807, 2.05) is 13.1 Å². The lowest BCUT2D eigenvalue weighted by Crippen LogP contribution is -2.43. The zero-order valence-corrected chi connectivity index (χ0v) is 11.5. The van der Waals surface area contributed by atoms with E-state index in [-0.39, 0.29) is 6.10 Å². The first-order valence-corrected chi connectivity index (χ1v) is 6.58. The summed E-state index contributed by atoms with van der Waals surface area (Å²) >= 11 is 9.36. The summed E-state index contributed by atoms with van der Waals surface area (Å²) in [5.74, 6) is 1.50. The monoisotopic (exact) mass is 304 g/mol. The molecule has 0 saturated carbocycles. The van der Waals surface area contributed by atoms with E-state index in [0.29, 0.717) is 12.5 Å². The van der Waals surface area contributed by atoms with Crippen LogP contribution >= 0.6 is 27.5 Å². The maximum Gasteiger partial charge on any atom is 0.143 e. The summed E-state index contributed by atoms with van der Waals surface area (Å²) in [6.07, 6.45) is 1.98. The van der Waals surface area contributed by atoms with Gasteiger partial charge in [0.2, 0.25) is 0 Å². The highest BCUT2D eigenvalue weighted by molar-refractivity contribution is 9.10. The van der Waals surface area contributed by atoms with Crippen LogP contribution in [0.4, 0.5) is 5.82 Å². The Labute approximate surface area is 109 Å². The van der Waals surface area contributed by atoms with E-state index >= 15 is 0 Å². The number of anilines is 1. The Hall–Kier alpha value is -0.320. The van der Waals surface area contributed by atoms with Gasteiger partial charge in [0.05, 0.1) is 23.1 Å². The summed E-state index contributed by atoms with van der Waals surface area (Å²) in [5, 5.41) is 0. The van der Waals surface area contributed by atoms with Crippen LogP contribution < -0.4 is 4.90 Å². The lowest BCUT2D eigenvalue weighted by molar-refractivity contribution is 0.0551. The summed E-state index contributed by atoms with van der Waals surface area (Å²) < 4.78 is 6.56. The van der Waals surface area contributed by atoms with E-state index in [2.05, 4.69) is 31.9 Å². The number of aryl methyl sites for hydroxylation is 1. The smallest absolute Gasteiger partial charge is 0.143 e. The van der Waals surface area contributed by atoms with Crippen LogP contribution in [0.2, 0.25) is 0 Å². The van der Waals surface area contributed by atoms with Gasteiger partial charge in [0.1, 0.15) is 5.82 Å². The van der Waals surface area contributed by atoms with Gasteiger partial charge in [-0.25, -0.2) is 4.98 Å². The zero-order chi connectivity index (χ0) is 11.5. The fourth-order valence-corrected chi connectivity index (χ4v) is 2.67. The Kier molecular flexibility index (Phi) is 4.05. The Bertz CT molecular complexity index is 375. The standard InChI is InChI=1S/C11H14BrClN2O/c1-8-4-10(12)11(14-6-8)15-2-3-16-9(5-13)7-15/h4,6,9H,2-3,5,7H2,1H3. The molecule has 16 heavy (non-hydrogen) atoms. The first-order chi connectivity index (χ1) is 7.70. The van der Waals surface area contributed by atoms with E-state index < -0.39 is 0 Å². The van der Waals surface area contributed by atoms with Gasteiger partial charge in [-0.1, -0.05) is 0 Å². The molecule has 2 heterocycles. The zero-order valence-electron chi connectivity index (χ0n) is 9.12. The molecule has 1 atom stereocenters. The Balaban J connectivity index is 2.16. The minimum Gasteiger partial charge on any atom is -0.373 e. The SMILES string of the molecule is Cc1cnc(N2CCOC(CCl)C2)c(Br)c1. The van der Waals surface area contributed by atoms with Crippen molar-refractivity contribution in [2.24, 2.45) is 0 Å². The molecule has 0 aliphatic carbocycles. The maximum absolute atomic E-state index is 5.81. The quantitative estimate of drug-likeness (QED) is 0.785. The molecule has 88 valence electrons. The lowest BCUT2D eigenvalue weighted by atomic mass is 10.2. The van der Waals surface area contributed by atoms with Gasteiger partial charge in [0, 0.05) is 19.3 Å². The fraction of sp³-hybridized carbons (Fsp3) is 0.545. The second-order valence-corrected chi connectivity index (χ2v) is 5.07. The molecule has 1 aromatic rings. The van der Waals surface area contributed by atoms with Crippen molar-refractivity contribution in [2.75, 3.05) is 30.5 Å². The number of hydrogen-bond acceptors (Lipinski definition) is 3. The second kappa shape index (κ2) is 5.34. The van der Waals surface area contributed by atoms with E-state index in [4.69, 9.17) is 16.3 Å². The fourth-order valence-electron chi connectivity index (χ4n) is 1.76. The minimum atomic E-state index is 0.102. The van der Waals surface area contributed by atoms with Crippen LogP contribution in [0.15, 0.2) is 16.7 Å². The van der Waals surface area contributed by atoms with Crippen LogP contribution in [0.1, 0.15) is 5.56 Å². The number of ether oxygens (including phenoxy) is 1. The van der Waals surface area contributed by atoms with Crippen LogP contribution in [0.3, 0.4) is 0 Å². The highest BCUT2D eigenvalue weighted by Gasteiger charge is 2.22. The third kappa shape index (κ3) is 2.67. The van der Waals surface area contributed by atoms with Crippen molar-refractivity contribution in [2.45, 2.75) is 13.0 Å². The Morgan fingerprint density at radius 1 is 1.69 bits per heavy atom. The molecule has 3 nitrogen and oxygen atoms in total. The van der Waals surface area contributed by atoms with Crippen LogP contribution in [0.5, 0.6) is 0 Å². The molecule has 1 fully saturated rings. The van der Waals surface area contributed by atoms with Crippen LogP contribution in [-0.4, -0.2) is 36.7 Å². The first-order valence-electron chi connectivity index (χ1n) is 5.25. The molecule has 0 radical (unpaired) electrons. The molecule has 0 aromatic carbocycles. The van der Waals surface area contributed by atoms with Gasteiger partial charge in [0.25, 0.3) is 0 Å². The van der Waals surface area contributed by atoms with Crippen molar-refractivity contribution in [3.05, 3.63) is 22.3 Å². The summed E-state index contributed by atoms with van der Waals surface area (Å²) in [4.78, 5) is 6.66. The third-order valence-corrected chi connectivity index (χ3v) is 3.50. The van der Waals surface area contributed by atoms with E-state index in [9.17, 15) is 0 Å². The van der Waals surface area contributed by atoms with Gasteiger partial charge >= 0.3 is 0 Å². The lowest BCUT2D eigenvalue weighted by Gasteiger charge is -2.33. The molecule has 1 aliphatic heterocycles. The molecule has 0 amide bonds. The van der Waals surface area contributed by atoms with Crippen molar-refractivity contribution >= 4 is 33.3 Å². The van der Waals surface area contributed by atoms with Gasteiger partial charge < -0.3 is 9.64 Å². The normalized spacial score (nSPS) is 21.2. The number of pyridine rings is 1. The summed E-state index contributed by atoms with van der Waals surface area (Å²) in [6.45, 7) is 4.40. The van der Waals surface area contributed by atoms with Crippen LogP contribution in [0, 0.1) is 6.92 Å². The average molecular weight is 306 g/mol. The molecule has 1 unspecified atom stereocenters. The molecule has 0 bridgehead atoms. The van der Waals surface area contributed by atoms with Gasteiger partial charge in [0.15, 0.2) is 0 Å². The van der Waals surface area contributed by atoms with Crippen molar-refractivity contribution in [3.8, 4) is 0 Å². The molecule has 2 rings (SSSR count). The van der Waals surface area contributed by atoms with E-state index in [1.54, 1.807) is 0 Å². The largest absolute Gasteiger partial charge is 0.373 e. The molecular weight excluding hydrogens is 291 g/mol. The highest BCUT2D eigenvalue weighted by atomic mass is 79.9. The van der Waals surface area contributed by atoms with E-state index in [0.717, 1.165) is 28.9 Å². The number of aromatic nitrogens is 1. The van der Waals surface area contributed by atoms with E-state index in [1.165, 1.54) is 0 Å². The molecule has 1 aliphatic rings. The minimum absolute atomic E-state index is 0.102. The summed E-state index contributed by atoms with van der Waals surface area (Å²) in [6, 6.07) is 2.08. The van der Waals surface area contributed by atoms with Crippen molar-refractivity contribution in [3.63, 3.8) is 0 Å². The van der Waals surface area contributed by atoms with Crippen molar-refractivity contribution in [1.29, 1.82) is 0 Å². The number of halogens is 2. The number of nitrogens with zero attached hydrogens (tertiary/aromatic N) is 2. The first kappa shape index (κ1) is 12.1. The van der Waals surface area contributed by atoms with Crippen molar-refractivity contribution in [1.82, 2.24) is 4.98 Å². The molecule has 5 heteroatoms. The topological polar surface area (TPSA) is 25.4 Å². The van der Waals surface area contributed by atoms with Gasteiger partial charge in [-0.15, -0.1) is 11.6 Å². The molecule has 0 spiro atoms. The molecule has 0 N–H and O–H groups in total. The predicted octanol–water partition coefficient (Wildman–Crippen LogP) is 2.60. The molecule has 1 aromatic heterocycles. The Morgan fingerprint density at radius 2 is 2.50 bits per heavy atom. The predicted molar refractivity (Wildman–Crippen MR) is 69.3 cm³/mol. The molecular formula is C11H14BrClN2O.